The van der Waals surface area contributed by atoms with E-state index in [2.05, 4.69) is 16.7 Å². The molecule has 38 heavy (non-hydrogen) atoms. The number of hydrogen-bond donors (Lipinski definition) is 2. The summed E-state index contributed by atoms with van der Waals surface area (Å²) in [7, 11) is 1.39. The van der Waals surface area contributed by atoms with E-state index >= 15 is 0 Å². The minimum atomic E-state index is -3.55. The lowest BCUT2D eigenvalue weighted by Gasteiger charge is -2.34. The minimum Gasteiger partial charge on any atom is -0.339 e. The molecule has 4 atom stereocenters. The lowest BCUT2D eigenvalue weighted by Crippen LogP contribution is -2.57. The van der Waals surface area contributed by atoms with E-state index in [1.54, 1.807) is 24.3 Å². The van der Waals surface area contributed by atoms with Crippen molar-refractivity contribution in [2.24, 2.45) is 11.8 Å². The molecule has 11 heteroatoms. The summed E-state index contributed by atoms with van der Waals surface area (Å²) >= 11 is 0. The van der Waals surface area contributed by atoms with Gasteiger partial charge in [-0.25, -0.2) is 0 Å². The molecule has 1 aromatic carbocycles. The summed E-state index contributed by atoms with van der Waals surface area (Å²) in [6.07, 6.45) is 0.873. The number of hydrogen-bond acceptors (Lipinski definition) is 5. The molecule has 204 valence electrons. The third-order valence-electron chi connectivity index (χ3n) is 7.82. The van der Waals surface area contributed by atoms with Crippen molar-refractivity contribution in [1.82, 2.24) is 15.1 Å². The maximum atomic E-state index is 14.2. The Balaban J connectivity index is 1.55. The Labute approximate surface area is 220 Å². The molecular formula is C27H33F2N5O4. The molecule has 0 aromatic heterocycles. The number of rotatable bonds is 8. The van der Waals surface area contributed by atoms with Gasteiger partial charge in [0.15, 0.2) is 0 Å². The molecule has 9 nitrogen and oxygen atoms in total. The van der Waals surface area contributed by atoms with Crippen LogP contribution in [0, 0.1) is 23.2 Å². The number of carbonyl (C=O) groups is 4. The van der Waals surface area contributed by atoms with Crippen LogP contribution in [-0.4, -0.2) is 71.1 Å². The molecule has 1 spiro atoms. The van der Waals surface area contributed by atoms with Gasteiger partial charge in [0, 0.05) is 31.6 Å². The number of likely N-dealkylation sites (N-methyl/N-ethyl adjacent to an activating group) is 1. The van der Waals surface area contributed by atoms with Crippen molar-refractivity contribution in [3.63, 3.8) is 0 Å². The second kappa shape index (κ2) is 9.97. The molecule has 2 heterocycles. The van der Waals surface area contributed by atoms with E-state index in [1.807, 2.05) is 13.8 Å². The molecule has 2 aliphatic heterocycles. The first-order chi connectivity index (χ1) is 17.8. The SMILES string of the molecule is CC(C)C[C@@H](C(=O)N1C[C@]2(C[C@H]1C#N)C(=O)Nc1ccccc12)N(C)C(=O)[C@H](C)NC(=O)C(F)(F)C1CC1. The average Bonchev–Trinajstić information content (AvgIpc) is 3.62. The Morgan fingerprint density at radius 2 is 1.92 bits per heavy atom. The van der Waals surface area contributed by atoms with Gasteiger partial charge in [0.05, 0.1) is 11.5 Å². The third-order valence-corrected chi connectivity index (χ3v) is 7.82. The number of fused-ring (bicyclic) bond motifs is 2. The van der Waals surface area contributed by atoms with Crippen molar-refractivity contribution in [3.8, 4) is 6.07 Å². The fraction of sp³-hybridized carbons (Fsp3) is 0.593. The zero-order valence-electron chi connectivity index (χ0n) is 22.0. The Hall–Kier alpha value is -3.55. The fourth-order valence-corrected chi connectivity index (χ4v) is 5.49. The van der Waals surface area contributed by atoms with Gasteiger partial charge in [-0.15, -0.1) is 0 Å². The number of nitrogens with one attached hydrogen (secondary N) is 2. The van der Waals surface area contributed by atoms with Crippen molar-refractivity contribution in [2.45, 2.75) is 75.9 Å². The largest absolute Gasteiger partial charge is 0.339 e. The van der Waals surface area contributed by atoms with E-state index < -0.39 is 53.1 Å². The van der Waals surface area contributed by atoms with Crippen molar-refractivity contribution >= 4 is 29.3 Å². The topological polar surface area (TPSA) is 123 Å². The molecular weight excluding hydrogens is 496 g/mol. The van der Waals surface area contributed by atoms with E-state index in [4.69, 9.17) is 0 Å². The van der Waals surface area contributed by atoms with Crippen molar-refractivity contribution in [3.05, 3.63) is 29.8 Å². The van der Waals surface area contributed by atoms with Gasteiger partial charge in [-0.3, -0.25) is 19.2 Å². The first-order valence-electron chi connectivity index (χ1n) is 12.9. The maximum Gasteiger partial charge on any atom is 0.327 e. The number of amides is 4. The summed E-state index contributed by atoms with van der Waals surface area (Å²) < 4.78 is 28.4. The molecule has 4 rings (SSSR count). The van der Waals surface area contributed by atoms with E-state index in [0.29, 0.717) is 5.69 Å². The first-order valence-corrected chi connectivity index (χ1v) is 12.9. The first kappa shape index (κ1) is 27.5. The fourth-order valence-electron chi connectivity index (χ4n) is 5.49. The summed E-state index contributed by atoms with van der Waals surface area (Å²) in [6.45, 7) is 5.02. The van der Waals surface area contributed by atoms with Gasteiger partial charge in [0.1, 0.15) is 18.1 Å². The summed E-state index contributed by atoms with van der Waals surface area (Å²) in [5.74, 6) is -7.59. The van der Waals surface area contributed by atoms with Crippen molar-refractivity contribution < 1.29 is 28.0 Å². The highest BCUT2D eigenvalue weighted by Crippen LogP contribution is 2.46. The molecule has 0 radical (unpaired) electrons. The standard InChI is InChI=1S/C27H33F2N5O4/c1-15(2)11-21(33(4)22(35)16(3)31-25(38)27(28,29)17-9-10-17)23(36)34-14-26(12-18(34)13-30)19-7-5-6-8-20(19)32-24(26)37/h5-8,15-18,21H,9-12,14H2,1-4H3,(H,31,38)(H,32,37)/t16-,18-,21-,26-/m0/s1. The Morgan fingerprint density at radius 1 is 1.26 bits per heavy atom. The monoisotopic (exact) mass is 529 g/mol. The smallest absolute Gasteiger partial charge is 0.327 e. The minimum absolute atomic E-state index is 0.0244. The predicted molar refractivity (Wildman–Crippen MR) is 134 cm³/mol. The van der Waals surface area contributed by atoms with Crippen LogP contribution in [0.4, 0.5) is 14.5 Å². The van der Waals surface area contributed by atoms with Crippen LogP contribution in [0.25, 0.3) is 0 Å². The summed E-state index contributed by atoms with van der Waals surface area (Å²) in [5, 5.41) is 14.9. The second-order valence-electron chi connectivity index (χ2n) is 11.1. The van der Waals surface area contributed by atoms with E-state index in [1.165, 1.54) is 18.9 Å². The van der Waals surface area contributed by atoms with Crippen LogP contribution in [0.3, 0.4) is 0 Å². The number of para-hydroxylation sites is 1. The van der Waals surface area contributed by atoms with Crippen LogP contribution in [0.5, 0.6) is 0 Å². The number of benzene rings is 1. The normalized spacial score (nSPS) is 24.0. The van der Waals surface area contributed by atoms with Crippen LogP contribution in [-0.2, 0) is 24.6 Å². The highest BCUT2D eigenvalue weighted by atomic mass is 19.3. The molecule has 0 bridgehead atoms. The van der Waals surface area contributed by atoms with Gasteiger partial charge in [-0.1, -0.05) is 32.0 Å². The lowest BCUT2D eigenvalue weighted by molar-refractivity contribution is -0.153. The Morgan fingerprint density at radius 3 is 2.53 bits per heavy atom. The van der Waals surface area contributed by atoms with E-state index in [0.717, 1.165) is 10.5 Å². The number of carbonyl (C=O) groups excluding carboxylic acids is 4. The van der Waals surface area contributed by atoms with Crippen LogP contribution >= 0.6 is 0 Å². The van der Waals surface area contributed by atoms with E-state index in [9.17, 15) is 33.2 Å². The molecule has 2 N–H and O–H groups in total. The number of nitrogens with zero attached hydrogens (tertiary/aromatic N) is 3. The van der Waals surface area contributed by atoms with E-state index in [-0.39, 0.29) is 44.1 Å². The van der Waals surface area contributed by atoms with Gasteiger partial charge >= 0.3 is 5.92 Å². The quantitative estimate of drug-likeness (QED) is 0.536. The molecule has 1 saturated heterocycles. The Kier molecular flexibility index (Phi) is 7.21. The second-order valence-corrected chi connectivity index (χ2v) is 11.1. The molecule has 2 fully saturated rings. The van der Waals surface area contributed by atoms with Crippen LogP contribution < -0.4 is 10.6 Å². The Bertz CT molecular complexity index is 1190. The highest BCUT2D eigenvalue weighted by molar-refractivity contribution is 6.07. The van der Waals surface area contributed by atoms with Gasteiger partial charge in [-0.2, -0.15) is 14.0 Å². The maximum absolute atomic E-state index is 14.2. The van der Waals surface area contributed by atoms with Gasteiger partial charge in [0.25, 0.3) is 5.91 Å². The zero-order chi connectivity index (χ0) is 28.0. The number of anilines is 1. The molecule has 0 unspecified atom stereocenters. The molecule has 1 aliphatic carbocycles. The average molecular weight is 530 g/mol. The number of halogens is 2. The molecule has 4 amide bonds. The predicted octanol–water partition coefficient (Wildman–Crippen LogP) is 2.42. The van der Waals surface area contributed by atoms with Crippen molar-refractivity contribution in [1.29, 1.82) is 5.26 Å². The van der Waals surface area contributed by atoms with Crippen LogP contribution in [0.15, 0.2) is 24.3 Å². The molecule has 3 aliphatic rings. The lowest BCUT2D eigenvalue weighted by atomic mass is 9.80. The summed E-state index contributed by atoms with van der Waals surface area (Å²) in [4.78, 5) is 54.8. The number of likely N-dealkylation sites (tertiary alicyclic amines) is 1. The van der Waals surface area contributed by atoms with Crippen LogP contribution in [0.2, 0.25) is 0 Å². The third kappa shape index (κ3) is 4.72. The van der Waals surface area contributed by atoms with Gasteiger partial charge < -0.3 is 20.4 Å². The number of alkyl halides is 2. The molecule has 1 aromatic rings. The summed E-state index contributed by atoms with van der Waals surface area (Å²) in [5.41, 5.74) is 0.285. The zero-order valence-corrected chi connectivity index (χ0v) is 22.0. The van der Waals surface area contributed by atoms with Gasteiger partial charge in [-0.05, 0) is 43.7 Å². The number of nitriles is 1. The molecule has 1 saturated carbocycles. The van der Waals surface area contributed by atoms with Crippen LogP contribution in [0.1, 0.15) is 52.0 Å². The summed E-state index contributed by atoms with van der Waals surface area (Å²) in [6, 6.07) is 6.09. The van der Waals surface area contributed by atoms with Gasteiger partial charge in [0.2, 0.25) is 17.7 Å². The highest BCUT2D eigenvalue weighted by Gasteiger charge is 2.57. The van der Waals surface area contributed by atoms with Crippen molar-refractivity contribution in [2.75, 3.05) is 18.9 Å².